The zero-order chi connectivity index (χ0) is 13.6. The van der Waals surface area contributed by atoms with Gasteiger partial charge in [-0.3, -0.25) is 4.90 Å². The molecule has 4 heteroatoms. The van der Waals surface area contributed by atoms with Crippen molar-refractivity contribution in [1.82, 2.24) is 14.5 Å². The van der Waals surface area contributed by atoms with Crippen molar-refractivity contribution in [1.29, 1.82) is 0 Å². The van der Waals surface area contributed by atoms with E-state index in [1.54, 1.807) is 0 Å². The highest BCUT2D eigenvalue weighted by atomic mass is 15.2. The Bertz CT molecular complexity index is 597. The third kappa shape index (κ3) is 2.32. The van der Waals surface area contributed by atoms with Gasteiger partial charge in [-0.15, -0.1) is 0 Å². The Labute approximate surface area is 114 Å². The predicted molar refractivity (Wildman–Crippen MR) is 79.1 cm³/mol. The predicted octanol–water partition coefficient (Wildman–Crippen LogP) is 2.41. The first kappa shape index (κ1) is 12.5. The molecule has 4 nitrogen and oxygen atoms in total. The summed E-state index contributed by atoms with van der Waals surface area (Å²) in [4.78, 5) is 6.93. The van der Waals surface area contributed by atoms with E-state index in [2.05, 4.69) is 53.5 Å². The Kier molecular flexibility index (Phi) is 2.97. The molecule has 0 amide bonds. The smallest absolute Gasteiger partial charge is 0.201 e. The fourth-order valence-electron chi connectivity index (χ4n) is 2.69. The fraction of sp³-hybridized carbons (Fsp3) is 0.533. The first-order chi connectivity index (χ1) is 9.06. The lowest BCUT2D eigenvalue weighted by molar-refractivity contribution is 0.228. The minimum Gasteiger partial charge on any atom is -0.369 e. The van der Waals surface area contributed by atoms with E-state index in [9.17, 15) is 0 Å². The SMILES string of the molecule is Cc1ccc2c(c1)nc(N)n2CC(C)N(C)C1CC1. The summed E-state index contributed by atoms with van der Waals surface area (Å²) < 4.78 is 2.14. The molecule has 1 aromatic heterocycles. The largest absolute Gasteiger partial charge is 0.369 e. The lowest BCUT2D eigenvalue weighted by Crippen LogP contribution is -2.34. The van der Waals surface area contributed by atoms with Gasteiger partial charge in [0.15, 0.2) is 0 Å². The molecular formula is C15H22N4. The molecular weight excluding hydrogens is 236 g/mol. The Hall–Kier alpha value is -1.55. The Balaban J connectivity index is 1.89. The Morgan fingerprint density at radius 3 is 2.89 bits per heavy atom. The second-order valence-electron chi connectivity index (χ2n) is 5.82. The lowest BCUT2D eigenvalue weighted by Gasteiger charge is -2.25. The second kappa shape index (κ2) is 4.53. The molecule has 1 fully saturated rings. The highest BCUT2D eigenvalue weighted by Gasteiger charge is 2.29. The number of likely N-dealkylation sites (N-methyl/N-ethyl adjacent to an activating group) is 1. The summed E-state index contributed by atoms with van der Waals surface area (Å²) in [7, 11) is 2.21. The van der Waals surface area contributed by atoms with Crippen LogP contribution in [-0.2, 0) is 6.54 Å². The van der Waals surface area contributed by atoms with Crippen LogP contribution >= 0.6 is 0 Å². The highest BCUT2D eigenvalue weighted by molar-refractivity contribution is 5.79. The molecule has 1 unspecified atom stereocenters. The number of anilines is 1. The maximum Gasteiger partial charge on any atom is 0.201 e. The van der Waals surface area contributed by atoms with E-state index in [1.165, 1.54) is 18.4 Å². The number of aromatic nitrogens is 2. The van der Waals surface area contributed by atoms with E-state index >= 15 is 0 Å². The highest BCUT2D eigenvalue weighted by Crippen LogP contribution is 2.28. The number of rotatable bonds is 4. The molecule has 1 aliphatic rings. The van der Waals surface area contributed by atoms with Crippen molar-refractivity contribution in [2.75, 3.05) is 12.8 Å². The van der Waals surface area contributed by atoms with Gasteiger partial charge in [-0.1, -0.05) is 6.07 Å². The standard InChI is InChI=1S/C15H22N4/c1-10-4-7-14-13(8-10)17-15(16)19(14)9-11(2)18(3)12-5-6-12/h4,7-8,11-12H,5-6,9H2,1-3H3,(H2,16,17). The maximum atomic E-state index is 6.08. The van der Waals surface area contributed by atoms with Gasteiger partial charge in [0.25, 0.3) is 0 Å². The van der Waals surface area contributed by atoms with E-state index in [-0.39, 0.29) is 0 Å². The quantitative estimate of drug-likeness (QED) is 0.916. The zero-order valence-corrected chi connectivity index (χ0v) is 11.9. The number of aryl methyl sites for hydroxylation is 1. The van der Waals surface area contributed by atoms with Crippen molar-refractivity contribution in [2.45, 2.75) is 45.3 Å². The molecule has 1 aromatic carbocycles. The number of benzene rings is 1. The number of nitrogen functional groups attached to an aromatic ring is 1. The van der Waals surface area contributed by atoms with Crippen LogP contribution in [-0.4, -0.2) is 33.6 Å². The van der Waals surface area contributed by atoms with Gasteiger partial charge in [-0.25, -0.2) is 4.98 Å². The van der Waals surface area contributed by atoms with Gasteiger partial charge >= 0.3 is 0 Å². The molecule has 3 rings (SSSR count). The van der Waals surface area contributed by atoms with E-state index in [1.807, 2.05) is 0 Å². The van der Waals surface area contributed by atoms with Crippen LogP contribution in [0, 0.1) is 6.92 Å². The minimum atomic E-state index is 0.480. The number of nitrogens with two attached hydrogens (primary N) is 1. The van der Waals surface area contributed by atoms with Crippen molar-refractivity contribution in [3.8, 4) is 0 Å². The summed E-state index contributed by atoms with van der Waals surface area (Å²) in [6.07, 6.45) is 2.67. The second-order valence-corrected chi connectivity index (χ2v) is 5.82. The van der Waals surface area contributed by atoms with Crippen molar-refractivity contribution < 1.29 is 0 Å². The Morgan fingerprint density at radius 1 is 1.47 bits per heavy atom. The van der Waals surface area contributed by atoms with Gasteiger partial charge in [-0.2, -0.15) is 0 Å². The first-order valence-corrected chi connectivity index (χ1v) is 7.00. The lowest BCUT2D eigenvalue weighted by atomic mass is 10.2. The number of nitrogens with zero attached hydrogens (tertiary/aromatic N) is 3. The van der Waals surface area contributed by atoms with Crippen molar-refractivity contribution >= 4 is 17.0 Å². The number of fused-ring (bicyclic) bond motifs is 1. The van der Waals surface area contributed by atoms with Crippen LogP contribution in [0.2, 0.25) is 0 Å². The van der Waals surface area contributed by atoms with E-state index in [0.29, 0.717) is 12.0 Å². The fourth-order valence-corrected chi connectivity index (χ4v) is 2.69. The van der Waals surface area contributed by atoms with Crippen molar-refractivity contribution in [3.63, 3.8) is 0 Å². The zero-order valence-electron chi connectivity index (χ0n) is 11.9. The van der Waals surface area contributed by atoms with E-state index in [4.69, 9.17) is 5.73 Å². The average molecular weight is 258 g/mol. The molecule has 102 valence electrons. The van der Waals surface area contributed by atoms with Crippen LogP contribution in [0.4, 0.5) is 5.95 Å². The molecule has 1 saturated carbocycles. The minimum absolute atomic E-state index is 0.480. The van der Waals surface area contributed by atoms with Gasteiger partial charge in [0.05, 0.1) is 11.0 Å². The summed E-state index contributed by atoms with van der Waals surface area (Å²) in [6, 6.07) is 7.59. The molecule has 1 aliphatic carbocycles. The van der Waals surface area contributed by atoms with Crippen molar-refractivity contribution in [2.24, 2.45) is 0 Å². The number of imidazole rings is 1. The number of hydrogen-bond donors (Lipinski definition) is 1. The topological polar surface area (TPSA) is 47.1 Å². The molecule has 0 spiro atoms. The Morgan fingerprint density at radius 2 is 2.21 bits per heavy atom. The van der Waals surface area contributed by atoms with Gasteiger partial charge in [0.1, 0.15) is 0 Å². The summed E-state index contributed by atoms with van der Waals surface area (Å²) in [5.41, 5.74) is 9.44. The number of hydrogen-bond acceptors (Lipinski definition) is 3. The molecule has 1 atom stereocenters. The third-order valence-electron chi connectivity index (χ3n) is 4.20. The van der Waals surface area contributed by atoms with Crippen LogP contribution in [0.15, 0.2) is 18.2 Å². The molecule has 19 heavy (non-hydrogen) atoms. The first-order valence-electron chi connectivity index (χ1n) is 7.00. The average Bonchev–Trinajstić information content (AvgIpc) is 3.15. The molecule has 0 aliphatic heterocycles. The summed E-state index contributed by atoms with van der Waals surface area (Å²) in [5, 5.41) is 0. The van der Waals surface area contributed by atoms with Gasteiger partial charge in [0.2, 0.25) is 5.95 Å². The van der Waals surface area contributed by atoms with Crippen molar-refractivity contribution in [3.05, 3.63) is 23.8 Å². The van der Waals surface area contributed by atoms with Crippen LogP contribution in [0.5, 0.6) is 0 Å². The van der Waals surface area contributed by atoms with E-state index < -0.39 is 0 Å². The molecule has 2 aromatic rings. The maximum absolute atomic E-state index is 6.08. The van der Waals surface area contributed by atoms with Gasteiger partial charge in [-0.05, 0) is 51.4 Å². The van der Waals surface area contributed by atoms with Gasteiger partial charge < -0.3 is 10.3 Å². The molecule has 2 N–H and O–H groups in total. The molecule has 1 heterocycles. The summed E-state index contributed by atoms with van der Waals surface area (Å²) in [6.45, 7) is 5.24. The van der Waals surface area contributed by atoms with Crippen LogP contribution in [0.1, 0.15) is 25.3 Å². The molecule has 0 saturated heterocycles. The van der Waals surface area contributed by atoms with Gasteiger partial charge in [0, 0.05) is 18.6 Å². The van der Waals surface area contributed by atoms with E-state index in [0.717, 1.165) is 23.6 Å². The molecule has 0 bridgehead atoms. The van der Waals surface area contributed by atoms with Crippen LogP contribution < -0.4 is 5.73 Å². The third-order valence-corrected chi connectivity index (χ3v) is 4.20. The summed E-state index contributed by atoms with van der Waals surface area (Å²) >= 11 is 0. The normalized spacial score (nSPS) is 17.3. The summed E-state index contributed by atoms with van der Waals surface area (Å²) in [5.74, 6) is 0.622. The monoisotopic (exact) mass is 258 g/mol. The van der Waals surface area contributed by atoms with Crippen LogP contribution in [0.25, 0.3) is 11.0 Å². The van der Waals surface area contributed by atoms with Crippen LogP contribution in [0.3, 0.4) is 0 Å². The molecule has 0 radical (unpaired) electrons.